The molecule has 0 aromatic carbocycles. The molecule has 4 aliphatic rings. The summed E-state index contributed by atoms with van der Waals surface area (Å²) in [6.07, 6.45) is 2.94. The molecule has 0 amide bonds. The van der Waals surface area contributed by atoms with Gasteiger partial charge in [-0.15, -0.1) is 0 Å². The Morgan fingerprint density at radius 3 is 2.23 bits per heavy atom. The van der Waals surface area contributed by atoms with Crippen LogP contribution in [0.5, 0.6) is 0 Å². The lowest BCUT2D eigenvalue weighted by Gasteiger charge is -2.61. The molecule has 4 nitrogen and oxygen atoms in total. The zero-order valence-electron chi connectivity index (χ0n) is 14.5. The van der Waals surface area contributed by atoms with E-state index in [1.807, 2.05) is 34.6 Å². The van der Waals surface area contributed by atoms with Gasteiger partial charge in [-0.2, -0.15) is 0 Å². The summed E-state index contributed by atoms with van der Waals surface area (Å²) < 4.78 is 5.87. The number of rotatable bonds is 2. The first-order valence-electron chi connectivity index (χ1n) is 8.52. The molecule has 5 unspecified atom stereocenters. The van der Waals surface area contributed by atoms with Crippen LogP contribution in [0.4, 0.5) is 0 Å². The highest BCUT2D eigenvalue weighted by Crippen LogP contribution is 2.58. The van der Waals surface area contributed by atoms with Crippen LogP contribution in [-0.2, 0) is 9.53 Å². The molecule has 4 aliphatic carbocycles. The number of carbonyl (C=O) groups is 1. The van der Waals surface area contributed by atoms with Crippen LogP contribution in [0.3, 0.4) is 0 Å². The van der Waals surface area contributed by atoms with Gasteiger partial charge in [-0.1, -0.05) is 20.8 Å². The van der Waals surface area contributed by atoms with E-state index in [2.05, 4.69) is 0 Å². The standard InChI is InChI=1S/C18H30O4/c1-15(2,3)16(4,5)14(19)22-13-12-6-11-7-17(20,9-12)10-18(13,21)8-11/h11-13,20-21H,6-10H2,1-5H3. The van der Waals surface area contributed by atoms with Crippen molar-refractivity contribution < 1.29 is 19.7 Å². The minimum Gasteiger partial charge on any atom is -0.459 e. The lowest BCUT2D eigenvalue weighted by atomic mass is 9.51. The number of ether oxygens (including phenoxy) is 1. The maximum atomic E-state index is 12.7. The quantitative estimate of drug-likeness (QED) is 0.770. The Kier molecular flexibility index (Phi) is 3.31. The highest BCUT2D eigenvalue weighted by atomic mass is 16.6. The van der Waals surface area contributed by atoms with Crippen molar-refractivity contribution in [2.45, 2.75) is 84.0 Å². The Morgan fingerprint density at radius 1 is 1.09 bits per heavy atom. The summed E-state index contributed by atoms with van der Waals surface area (Å²) >= 11 is 0. The average molecular weight is 310 g/mol. The van der Waals surface area contributed by atoms with Crippen molar-refractivity contribution in [1.82, 2.24) is 0 Å². The average Bonchev–Trinajstić information content (AvgIpc) is 2.29. The van der Waals surface area contributed by atoms with Crippen LogP contribution in [0, 0.1) is 22.7 Å². The van der Waals surface area contributed by atoms with Gasteiger partial charge in [-0.05, 0) is 50.9 Å². The van der Waals surface area contributed by atoms with Crippen LogP contribution in [-0.4, -0.2) is 33.5 Å². The summed E-state index contributed by atoms with van der Waals surface area (Å²) in [5.41, 5.74) is -2.61. The molecular weight excluding hydrogens is 280 g/mol. The summed E-state index contributed by atoms with van der Waals surface area (Å²) in [5, 5.41) is 21.6. The molecule has 5 atom stereocenters. The van der Waals surface area contributed by atoms with Crippen molar-refractivity contribution in [3.63, 3.8) is 0 Å². The predicted molar refractivity (Wildman–Crippen MR) is 83.1 cm³/mol. The van der Waals surface area contributed by atoms with Crippen LogP contribution in [0.15, 0.2) is 0 Å². The van der Waals surface area contributed by atoms with E-state index in [4.69, 9.17) is 4.74 Å². The molecule has 0 heterocycles. The Labute approximate surface area is 133 Å². The van der Waals surface area contributed by atoms with Gasteiger partial charge in [0.15, 0.2) is 0 Å². The number of hydrogen-bond donors (Lipinski definition) is 2. The molecule has 4 heteroatoms. The van der Waals surface area contributed by atoms with Gasteiger partial charge in [0.2, 0.25) is 0 Å². The first kappa shape index (κ1) is 16.3. The summed E-state index contributed by atoms with van der Waals surface area (Å²) in [6.45, 7) is 9.90. The maximum Gasteiger partial charge on any atom is 0.312 e. The van der Waals surface area contributed by atoms with E-state index in [9.17, 15) is 15.0 Å². The zero-order valence-corrected chi connectivity index (χ0v) is 14.5. The zero-order chi connectivity index (χ0) is 16.6. The topological polar surface area (TPSA) is 66.8 Å². The Balaban J connectivity index is 1.81. The van der Waals surface area contributed by atoms with Crippen LogP contribution in [0.1, 0.15) is 66.7 Å². The van der Waals surface area contributed by atoms with Gasteiger partial charge in [0.1, 0.15) is 11.7 Å². The van der Waals surface area contributed by atoms with E-state index in [-0.39, 0.29) is 17.3 Å². The molecule has 0 spiro atoms. The van der Waals surface area contributed by atoms with Crippen molar-refractivity contribution in [1.29, 1.82) is 0 Å². The molecule has 22 heavy (non-hydrogen) atoms. The summed E-state index contributed by atoms with van der Waals surface area (Å²) in [4.78, 5) is 12.7. The van der Waals surface area contributed by atoms with E-state index in [0.29, 0.717) is 25.2 Å². The lowest BCUT2D eigenvalue weighted by molar-refractivity contribution is -0.264. The maximum absolute atomic E-state index is 12.7. The van der Waals surface area contributed by atoms with Gasteiger partial charge in [0.05, 0.1) is 11.0 Å². The highest BCUT2D eigenvalue weighted by molar-refractivity contribution is 5.77. The predicted octanol–water partition coefficient (Wildman–Crippen LogP) is 2.66. The van der Waals surface area contributed by atoms with Crippen molar-refractivity contribution >= 4 is 5.97 Å². The molecule has 0 aromatic heterocycles. The molecule has 0 aliphatic heterocycles. The van der Waals surface area contributed by atoms with Gasteiger partial charge in [-0.3, -0.25) is 4.79 Å². The second kappa shape index (κ2) is 4.47. The van der Waals surface area contributed by atoms with Crippen molar-refractivity contribution in [3.8, 4) is 0 Å². The Bertz CT molecular complexity index is 492. The minimum atomic E-state index is -1.04. The van der Waals surface area contributed by atoms with Gasteiger partial charge in [0.25, 0.3) is 0 Å². The molecule has 126 valence electrons. The SMILES string of the molecule is CC(C)(C)C(C)(C)C(=O)OC1C2CC3CC(O)(C2)CC1(O)C3. The molecule has 4 rings (SSSR count). The van der Waals surface area contributed by atoms with E-state index in [0.717, 1.165) is 12.8 Å². The normalized spacial score (nSPS) is 44.2. The molecule has 4 bridgehead atoms. The van der Waals surface area contributed by atoms with Crippen LogP contribution < -0.4 is 0 Å². The first-order chi connectivity index (χ1) is 9.86. The fourth-order valence-electron chi connectivity index (χ4n) is 4.81. The van der Waals surface area contributed by atoms with Crippen LogP contribution in [0.25, 0.3) is 0 Å². The molecule has 4 saturated carbocycles. The van der Waals surface area contributed by atoms with Gasteiger partial charge >= 0.3 is 5.97 Å². The third-order valence-electron chi connectivity index (χ3n) is 6.80. The van der Waals surface area contributed by atoms with Crippen LogP contribution in [0.2, 0.25) is 0 Å². The molecule has 4 fully saturated rings. The summed E-state index contributed by atoms with van der Waals surface area (Å²) in [5.74, 6) is 0.224. The van der Waals surface area contributed by atoms with Crippen molar-refractivity contribution in [2.75, 3.05) is 0 Å². The van der Waals surface area contributed by atoms with Gasteiger partial charge in [0, 0.05) is 12.3 Å². The number of esters is 1. The largest absolute Gasteiger partial charge is 0.459 e. The van der Waals surface area contributed by atoms with E-state index < -0.39 is 22.7 Å². The smallest absolute Gasteiger partial charge is 0.312 e. The third-order valence-corrected chi connectivity index (χ3v) is 6.80. The minimum absolute atomic E-state index is 0.0935. The van der Waals surface area contributed by atoms with Gasteiger partial charge < -0.3 is 14.9 Å². The molecular formula is C18H30O4. The number of hydrogen-bond acceptors (Lipinski definition) is 4. The van der Waals surface area contributed by atoms with E-state index >= 15 is 0 Å². The Hall–Kier alpha value is -0.610. The molecule has 0 aromatic rings. The van der Waals surface area contributed by atoms with Gasteiger partial charge in [-0.25, -0.2) is 0 Å². The second-order valence-electron chi connectivity index (χ2n) is 9.68. The highest BCUT2D eigenvalue weighted by Gasteiger charge is 2.63. The fourth-order valence-corrected chi connectivity index (χ4v) is 4.81. The van der Waals surface area contributed by atoms with Crippen molar-refractivity contribution in [2.24, 2.45) is 22.7 Å². The second-order valence-corrected chi connectivity index (χ2v) is 9.68. The summed E-state index contributed by atoms with van der Waals surface area (Å²) in [6, 6.07) is 0. The van der Waals surface area contributed by atoms with E-state index in [1.54, 1.807) is 0 Å². The summed E-state index contributed by atoms with van der Waals surface area (Å²) in [7, 11) is 0. The number of aliphatic hydroxyl groups is 2. The number of carbonyl (C=O) groups excluding carboxylic acids is 1. The monoisotopic (exact) mass is 310 g/mol. The first-order valence-corrected chi connectivity index (χ1v) is 8.52. The Morgan fingerprint density at radius 2 is 1.73 bits per heavy atom. The van der Waals surface area contributed by atoms with E-state index in [1.165, 1.54) is 0 Å². The molecule has 0 radical (unpaired) electrons. The molecule has 0 saturated heterocycles. The molecule has 2 N–H and O–H groups in total. The van der Waals surface area contributed by atoms with Crippen molar-refractivity contribution in [3.05, 3.63) is 0 Å². The lowest BCUT2D eigenvalue weighted by Crippen LogP contribution is -2.67. The third kappa shape index (κ3) is 2.30. The fraction of sp³-hybridized carbons (Fsp3) is 0.944. The van der Waals surface area contributed by atoms with Crippen LogP contribution >= 0.6 is 0 Å².